The Morgan fingerprint density at radius 2 is 1.87 bits per heavy atom. The van der Waals surface area contributed by atoms with E-state index in [9.17, 15) is 4.79 Å². The van der Waals surface area contributed by atoms with Crippen molar-refractivity contribution < 1.29 is 23.0 Å². The van der Waals surface area contributed by atoms with Crippen LogP contribution in [0.15, 0.2) is 74.7 Å². The molecule has 0 unspecified atom stereocenters. The number of hydrogen-bond donors (Lipinski definition) is 0. The van der Waals surface area contributed by atoms with Gasteiger partial charge in [0.15, 0.2) is 11.5 Å². The molecule has 4 aromatic rings. The van der Waals surface area contributed by atoms with Gasteiger partial charge in [-0.05, 0) is 43.3 Å². The predicted octanol–water partition coefficient (Wildman–Crippen LogP) is 4.93. The lowest BCUT2D eigenvalue weighted by molar-refractivity contribution is 0.0826. The summed E-state index contributed by atoms with van der Waals surface area (Å²) >= 11 is 0. The number of benzene rings is 2. The minimum atomic E-state index is -0.251. The van der Waals surface area contributed by atoms with E-state index in [-0.39, 0.29) is 11.2 Å². The fraction of sp³-hybridized carbons (Fsp3) is 0.208. The van der Waals surface area contributed by atoms with Crippen LogP contribution in [0.2, 0.25) is 0 Å². The van der Waals surface area contributed by atoms with Gasteiger partial charge in [0.1, 0.15) is 30.1 Å². The molecule has 0 spiro atoms. The van der Waals surface area contributed by atoms with Crippen LogP contribution in [-0.4, -0.2) is 18.2 Å². The Bertz CT molecular complexity index is 1260. The van der Waals surface area contributed by atoms with Crippen molar-refractivity contribution in [2.45, 2.75) is 20.0 Å². The van der Waals surface area contributed by atoms with E-state index in [0.29, 0.717) is 54.6 Å². The molecule has 0 atom stereocenters. The van der Waals surface area contributed by atoms with Crippen LogP contribution in [0.25, 0.3) is 11.0 Å². The number of hydrogen-bond acceptors (Lipinski definition) is 7. The molecular formula is C24H21NO6. The Labute approximate surface area is 178 Å². The third-order valence-corrected chi connectivity index (χ3v) is 5.08. The van der Waals surface area contributed by atoms with Gasteiger partial charge in [0.25, 0.3) is 0 Å². The van der Waals surface area contributed by atoms with Gasteiger partial charge >= 0.3 is 0 Å². The Balaban J connectivity index is 1.47. The average molecular weight is 419 g/mol. The van der Waals surface area contributed by atoms with Gasteiger partial charge in [0.2, 0.25) is 11.2 Å². The summed E-state index contributed by atoms with van der Waals surface area (Å²) in [6.45, 7) is 3.99. The zero-order chi connectivity index (χ0) is 21.2. The van der Waals surface area contributed by atoms with Crippen molar-refractivity contribution in [1.82, 2.24) is 4.90 Å². The third-order valence-electron chi connectivity index (χ3n) is 5.08. The largest absolute Gasteiger partial charge is 0.490 e. The summed E-state index contributed by atoms with van der Waals surface area (Å²) in [4.78, 5) is 15.2. The van der Waals surface area contributed by atoms with Gasteiger partial charge < -0.3 is 23.0 Å². The number of furan rings is 1. The Morgan fingerprint density at radius 3 is 2.68 bits per heavy atom. The molecule has 31 heavy (non-hydrogen) atoms. The monoisotopic (exact) mass is 419 g/mol. The van der Waals surface area contributed by atoms with Gasteiger partial charge in [-0.25, -0.2) is 0 Å². The molecule has 7 nitrogen and oxygen atoms in total. The first kappa shape index (κ1) is 19.3. The highest BCUT2D eigenvalue weighted by molar-refractivity contribution is 5.83. The fourth-order valence-electron chi connectivity index (χ4n) is 3.66. The fourth-order valence-corrected chi connectivity index (χ4v) is 3.66. The van der Waals surface area contributed by atoms with Gasteiger partial charge in [-0.2, -0.15) is 0 Å². The van der Waals surface area contributed by atoms with Crippen molar-refractivity contribution in [3.63, 3.8) is 0 Å². The molecule has 0 saturated carbocycles. The van der Waals surface area contributed by atoms with Crippen molar-refractivity contribution in [2.24, 2.45) is 0 Å². The molecule has 5 rings (SSSR count). The minimum absolute atomic E-state index is 0.101. The number of nitrogens with zero attached hydrogens (tertiary/aromatic N) is 1. The summed E-state index contributed by atoms with van der Waals surface area (Å²) in [6, 6.07) is 14.5. The van der Waals surface area contributed by atoms with Crippen molar-refractivity contribution >= 4 is 11.0 Å². The second kappa shape index (κ2) is 8.20. The average Bonchev–Trinajstić information content (AvgIpc) is 3.30. The molecule has 0 radical (unpaired) electrons. The lowest BCUT2D eigenvalue weighted by atomic mass is 10.1. The van der Waals surface area contributed by atoms with E-state index in [1.807, 2.05) is 31.2 Å². The quantitative estimate of drug-likeness (QED) is 0.439. The Hall–Kier alpha value is -3.71. The van der Waals surface area contributed by atoms with E-state index >= 15 is 0 Å². The highest BCUT2D eigenvalue weighted by atomic mass is 16.5. The van der Waals surface area contributed by atoms with E-state index in [2.05, 4.69) is 4.90 Å². The third kappa shape index (κ3) is 3.75. The summed E-state index contributed by atoms with van der Waals surface area (Å²) in [5, 5.41) is 0.439. The van der Waals surface area contributed by atoms with Gasteiger partial charge in [0.05, 0.1) is 30.4 Å². The normalized spacial score (nSPS) is 13.6. The summed E-state index contributed by atoms with van der Waals surface area (Å²) in [5.74, 6) is 2.68. The maximum Gasteiger partial charge on any atom is 0.235 e. The van der Waals surface area contributed by atoms with Crippen LogP contribution in [0.1, 0.15) is 18.2 Å². The smallest absolute Gasteiger partial charge is 0.235 e. The van der Waals surface area contributed by atoms with Crippen molar-refractivity contribution in [2.75, 3.05) is 13.3 Å². The van der Waals surface area contributed by atoms with Crippen molar-refractivity contribution in [1.29, 1.82) is 0 Å². The lowest BCUT2D eigenvalue weighted by Gasteiger charge is -2.28. The summed E-state index contributed by atoms with van der Waals surface area (Å²) in [6.07, 6.45) is 2.99. The minimum Gasteiger partial charge on any atom is -0.490 e. The molecule has 2 aromatic carbocycles. The van der Waals surface area contributed by atoms with Crippen LogP contribution in [0.5, 0.6) is 23.0 Å². The predicted molar refractivity (Wildman–Crippen MR) is 114 cm³/mol. The number of ether oxygens (including phenoxy) is 3. The van der Waals surface area contributed by atoms with Gasteiger partial charge in [-0.3, -0.25) is 9.69 Å². The van der Waals surface area contributed by atoms with E-state index in [0.717, 1.165) is 11.3 Å². The van der Waals surface area contributed by atoms with Crippen LogP contribution >= 0.6 is 0 Å². The summed E-state index contributed by atoms with van der Waals surface area (Å²) < 4.78 is 28.6. The van der Waals surface area contributed by atoms with Gasteiger partial charge in [-0.1, -0.05) is 12.1 Å². The van der Waals surface area contributed by atoms with E-state index in [1.54, 1.807) is 30.5 Å². The van der Waals surface area contributed by atoms with Crippen molar-refractivity contribution in [3.8, 4) is 23.0 Å². The highest BCUT2D eigenvalue weighted by Gasteiger charge is 2.23. The van der Waals surface area contributed by atoms with Crippen LogP contribution in [0, 0.1) is 0 Å². The van der Waals surface area contributed by atoms with E-state index in [4.69, 9.17) is 23.0 Å². The lowest BCUT2D eigenvalue weighted by Crippen LogP contribution is -2.31. The van der Waals surface area contributed by atoms with Crippen molar-refractivity contribution in [3.05, 3.63) is 82.6 Å². The molecule has 0 N–H and O–H groups in total. The van der Waals surface area contributed by atoms with Gasteiger partial charge in [-0.15, -0.1) is 0 Å². The summed E-state index contributed by atoms with van der Waals surface area (Å²) in [5.41, 5.74) is 1.07. The SMILES string of the molecule is CCOc1ccccc1Oc1coc2c3c(ccc2c1=O)OCN(Cc1ccco1)C3. The molecule has 1 aliphatic heterocycles. The molecule has 0 bridgehead atoms. The highest BCUT2D eigenvalue weighted by Crippen LogP contribution is 2.34. The molecule has 2 aromatic heterocycles. The molecule has 7 heteroatoms. The first-order valence-electron chi connectivity index (χ1n) is 10.1. The standard InChI is InChI=1S/C24H21NO6/c1-2-27-20-7-3-4-8-21(20)31-22-14-29-24-17(23(22)26)9-10-19-18(24)13-25(15-30-19)12-16-6-5-11-28-16/h3-11,14H,2,12-13,15H2,1H3. The molecule has 0 saturated heterocycles. The molecule has 0 fully saturated rings. The molecule has 3 heterocycles. The number of para-hydroxylation sites is 2. The second-order valence-electron chi connectivity index (χ2n) is 7.17. The van der Waals surface area contributed by atoms with Crippen LogP contribution in [0.3, 0.4) is 0 Å². The molecule has 158 valence electrons. The van der Waals surface area contributed by atoms with Crippen LogP contribution < -0.4 is 19.6 Å². The number of rotatable bonds is 6. The number of fused-ring (bicyclic) bond motifs is 3. The molecule has 1 aliphatic rings. The molecule has 0 aliphatic carbocycles. The Morgan fingerprint density at radius 1 is 1.00 bits per heavy atom. The molecular weight excluding hydrogens is 398 g/mol. The zero-order valence-corrected chi connectivity index (χ0v) is 17.0. The van der Waals surface area contributed by atoms with Gasteiger partial charge in [0, 0.05) is 6.54 Å². The molecule has 0 amide bonds. The first-order valence-corrected chi connectivity index (χ1v) is 10.1. The van der Waals surface area contributed by atoms with Crippen LogP contribution in [-0.2, 0) is 13.1 Å². The van der Waals surface area contributed by atoms with E-state index < -0.39 is 0 Å². The summed E-state index contributed by atoms with van der Waals surface area (Å²) in [7, 11) is 0. The maximum absolute atomic E-state index is 13.1. The Kier molecular flexibility index (Phi) is 5.09. The first-order chi connectivity index (χ1) is 15.2. The van der Waals surface area contributed by atoms with Crippen LogP contribution in [0.4, 0.5) is 0 Å². The topological polar surface area (TPSA) is 74.3 Å². The van der Waals surface area contributed by atoms with E-state index in [1.165, 1.54) is 6.26 Å². The zero-order valence-electron chi connectivity index (χ0n) is 17.0. The second-order valence-corrected chi connectivity index (χ2v) is 7.17. The maximum atomic E-state index is 13.1.